The first-order chi connectivity index (χ1) is 6.50. The second-order valence-electron chi connectivity index (χ2n) is 3.05. The summed E-state index contributed by atoms with van der Waals surface area (Å²) in [5.41, 5.74) is 1.02. The monoisotopic (exact) mass is 195 g/mol. The zero-order chi connectivity index (χ0) is 10.7. The molecule has 0 saturated heterocycles. The molecule has 4 heteroatoms. The Morgan fingerprint density at radius 1 is 1.57 bits per heavy atom. The smallest absolute Gasteiger partial charge is 0.243 e. The molecule has 0 aliphatic rings. The maximum Gasteiger partial charge on any atom is 0.243 e. The van der Waals surface area contributed by atoms with Crippen molar-refractivity contribution in [2.75, 3.05) is 0 Å². The van der Waals surface area contributed by atoms with Gasteiger partial charge in [0.25, 0.3) is 0 Å². The van der Waals surface area contributed by atoms with Crippen LogP contribution in [0.3, 0.4) is 0 Å². The zero-order valence-corrected chi connectivity index (χ0v) is 7.95. The van der Waals surface area contributed by atoms with E-state index in [4.69, 9.17) is 0 Å². The van der Waals surface area contributed by atoms with E-state index in [0.29, 0.717) is 11.1 Å². The Hall–Kier alpha value is -1.71. The lowest BCUT2D eigenvalue weighted by atomic mass is 10.1. The van der Waals surface area contributed by atoms with Gasteiger partial charge in [-0.3, -0.25) is 10.1 Å². The molecule has 0 radical (unpaired) electrons. The molecule has 0 amide bonds. The molecular formula is C10H10FNO2. The van der Waals surface area contributed by atoms with Crippen LogP contribution in [0.2, 0.25) is 0 Å². The van der Waals surface area contributed by atoms with Crippen molar-refractivity contribution in [2.24, 2.45) is 0 Å². The highest BCUT2D eigenvalue weighted by Gasteiger charge is 2.03. The van der Waals surface area contributed by atoms with Crippen LogP contribution in [-0.4, -0.2) is 4.92 Å². The molecule has 0 aliphatic heterocycles. The summed E-state index contributed by atoms with van der Waals surface area (Å²) in [6.07, 6.45) is 1.34. The number of rotatable bonds is 2. The molecule has 0 atom stereocenters. The van der Waals surface area contributed by atoms with Crippen LogP contribution in [-0.2, 0) is 0 Å². The summed E-state index contributed by atoms with van der Waals surface area (Å²) in [6, 6.07) is 4.52. The van der Waals surface area contributed by atoms with E-state index >= 15 is 0 Å². The van der Waals surface area contributed by atoms with Gasteiger partial charge in [-0.05, 0) is 24.1 Å². The van der Waals surface area contributed by atoms with Crippen LogP contribution < -0.4 is 0 Å². The molecule has 14 heavy (non-hydrogen) atoms. The van der Waals surface area contributed by atoms with Crippen LogP contribution in [0.4, 0.5) is 4.39 Å². The number of nitrogens with zero attached hydrogens (tertiary/aromatic N) is 1. The first-order valence-electron chi connectivity index (χ1n) is 4.09. The van der Waals surface area contributed by atoms with Gasteiger partial charge in [0.05, 0.1) is 4.92 Å². The molecule has 0 bridgehead atoms. The molecule has 0 aromatic heterocycles. The second-order valence-corrected chi connectivity index (χ2v) is 3.05. The summed E-state index contributed by atoms with van der Waals surface area (Å²) in [6.45, 7) is 3.01. The SMILES string of the molecule is CC(=Cc1ccc(C)c(F)c1)[N+](=O)[O-]. The predicted molar refractivity (Wildman–Crippen MR) is 51.8 cm³/mol. The third kappa shape index (κ3) is 2.39. The van der Waals surface area contributed by atoms with E-state index in [1.807, 2.05) is 0 Å². The maximum atomic E-state index is 13.0. The lowest BCUT2D eigenvalue weighted by Gasteiger charge is -1.97. The van der Waals surface area contributed by atoms with Crippen LogP contribution in [0.15, 0.2) is 23.9 Å². The van der Waals surface area contributed by atoms with Crippen LogP contribution in [0, 0.1) is 22.9 Å². The number of hydrogen-bond acceptors (Lipinski definition) is 2. The standard InChI is InChI=1S/C10H10FNO2/c1-7-3-4-9(6-10(7)11)5-8(2)12(13)14/h3-6H,1-2H3. The zero-order valence-electron chi connectivity index (χ0n) is 7.95. The topological polar surface area (TPSA) is 43.1 Å². The lowest BCUT2D eigenvalue weighted by Crippen LogP contribution is -1.93. The van der Waals surface area contributed by atoms with Crippen molar-refractivity contribution in [1.29, 1.82) is 0 Å². The van der Waals surface area contributed by atoms with E-state index in [2.05, 4.69) is 0 Å². The van der Waals surface area contributed by atoms with Gasteiger partial charge in [-0.15, -0.1) is 0 Å². The normalized spacial score (nSPS) is 11.5. The van der Waals surface area contributed by atoms with Gasteiger partial charge in [-0.1, -0.05) is 12.1 Å². The van der Waals surface area contributed by atoms with Crippen LogP contribution in [0.5, 0.6) is 0 Å². The highest BCUT2D eigenvalue weighted by Crippen LogP contribution is 2.12. The van der Waals surface area contributed by atoms with E-state index < -0.39 is 4.92 Å². The Kier molecular flexibility index (Phi) is 2.96. The predicted octanol–water partition coefficient (Wildman–Crippen LogP) is 2.77. The molecule has 0 heterocycles. The van der Waals surface area contributed by atoms with Crippen molar-refractivity contribution in [1.82, 2.24) is 0 Å². The quantitative estimate of drug-likeness (QED) is 0.538. The van der Waals surface area contributed by atoms with Crippen molar-refractivity contribution in [3.8, 4) is 0 Å². The molecule has 0 saturated carbocycles. The van der Waals surface area contributed by atoms with Gasteiger partial charge in [0.1, 0.15) is 5.82 Å². The van der Waals surface area contributed by atoms with Crippen molar-refractivity contribution >= 4 is 6.08 Å². The van der Waals surface area contributed by atoms with E-state index in [1.54, 1.807) is 19.1 Å². The number of halogens is 1. The first kappa shape index (κ1) is 10.4. The van der Waals surface area contributed by atoms with Crippen molar-refractivity contribution in [3.05, 3.63) is 51.0 Å². The van der Waals surface area contributed by atoms with Crippen LogP contribution in [0.1, 0.15) is 18.1 Å². The summed E-state index contributed by atoms with van der Waals surface area (Å²) >= 11 is 0. The largest absolute Gasteiger partial charge is 0.259 e. The lowest BCUT2D eigenvalue weighted by molar-refractivity contribution is -0.422. The molecule has 74 valence electrons. The fourth-order valence-electron chi connectivity index (χ4n) is 0.993. The average molecular weight is 195 g/mol. The Morgan fingerprint density at radius 3 is 2.71 bits per heavy atom. The van der Waals surface area contributed by atoms with E-state index in [1.165, 1.54) is 19.1 Å². The van der Waals surface area contributed by atoms with Crippen LogP contribution in [0.25, 0.3) is 6.08 Å². The Morgan fingerprint density at radius 2 is 2.21 bits per heavy atom. The molecule has 1 rings (SSSR count). The first-order valence-corrected chi connectivity index (χ1v) is 4.09. The van der Waals surface area contributed by atoms with Crippen molar-refractivity contribution < 1.29 is 9.31 Å². The molecule has 0 N–H and O–H groups in total. The highest BCUT2D eigenvalue weighted by molar-refractivity contribution is 5.51. The van der Waals surface area contributed by atoms with Gasteiger partial charge in [0, 0.05) is 13.0 Å². The van der Waals surface area contributed by atoms with Gasteiger partial charge in [-0.2, -0.15) is 0 Å². The van der Waals surface area contributed by atoms with Gasteiger partial charge in [0.2, 0.25) is 5.70 Å². The van der Waals surface area contributed by atoms with Crippen molar-refractivity contribution in [2.45, 2.75) is 13.8 Å². The molecule has 0 fully saturated rings. The molecule has 0 aliphatic carbocycles. The second kappa shape index (κ2) is 4.00. The Labute approximate surface area is 81.0 Å². The fourth-order valence-corrected chi connectivity index (χ4v) is 0.993. The van der Waals surface area contributed by atoms with Gasteiger partial charge >= 0.3 is 0 Å². The number of nitro groups is 1. The Bertz CT molecular complexity index is 399. The minimum absolute atomic E-state index is 0.00625. The maximum absolute atomic E-state index is 13.0. The summed E-state index contributed by atoms with van der Waals surface area (Å²) in [7, 11) is 0. The molecule has 0 spiro atoms. The minimum Gasteiger partial charge on any atom is -0.259 e. The van der Waals surface area contributed by atoms with Crippen LogP contribution >= 0.6 is 0 Å². The summed E-state index contributed by atoms with van der Waals surface area (Å²) in [5.74, 6) is -0.352. The molecular weight excluding hydrogens is 185 g/mol. The molecule has 3 nitrogen and oxygen atoms in total. The number of allylic oxidation sites excluding steroid dienone is 1. The van der Waals surface area contributed by atoms with Crippen molar-refractivity contribution in [3.63, 3.8) is 0 Å². The molecule has 1 aromatic carbocycles. The van der Waals surface area contributed by atoms with E-state index in [9.17, 15) is 14.5 Å². The third-order valence-corrected chi connectivity index (χ3v) is 1.86. The van der Waals surface area contributed by atoms with Gasteiger partial charge in [-0.25, -0.2) is 4.39 Å². The number of hydrogen-bond donors (Lipinski definition) is 0. The van der Waals surface area contributed by atoms with E-state index in [-0.39, 0.29) is 11.5 Å². The fraction of sp³-hybridized carbons (Fsp3) is 0.200. The average Bonchev–Trinajstić information content (AvgIpc) is 2.11. The molecule has 1 aromatic rings. The van der Waals surface area contributed by atoms with Gasteiger partial charge < -0.3 is 0 Å². The highest BCUT2D eigenvalue weighted by atomic mass is 19.1. The summed E-state index contributed by atoms with van der Waals surface area (Å²) in [4.78, 5) is 9.80. The molecule has 0 unspecified atom stereocenters. The minimum atomic E-state index is -0.502. The van der Waals surface area contributed by atoms with E-state index in [0.717, 1.165) is 0 Å². The summed E-state index contributed by atoms with van der Waals surface area (Å²) in [5, 5.41) is 10.3. The van der Waals surface area contributed by atoms with Gasteiger partial charge in [0.15, 0.2) is 0 Å². The Balaban J connectivity index is 3.04. The summed E-state index contributed by atoms with van der Waals surface area (Å²) < 4.78 is 13.0. The number of benzene rings is 1. The number of aryl methyl sites for hydroxylation is 1. The third-order valence-electron chi connectivity index (χ3n) is 1.86.